The lowest BCUT2D eigenvalue weighted by molar-refractivity contribution is -0.121. The number of nitrogens with zero attached hydrogens (tertiary/aromatic N) is 1. The van der Waals surface area contributed by atoms with Crippen LogP contribution in [-0.2, 0) is 15.9 Å². The Bertz CT molecular complexity index is 1380. The van der Waals surface area contributed by atoms with Crippen LogP contribution in [0, 0.1) is 11.7 Å². The Balaban J connectivity index is 1.65. The molecule has 0 bridgehead atoms. The maximum atomic E-state index is 14.3. The molecule has 11 heteroatoms. The first-order valence-electron chi connectivity index (χ1n) is 11.8. The second-order valence-corrected chi connectivity index (χ2v) is 10.1. The molecule has 0 saturated heterocycles. The summed E-state index contributed by atoms with van der Waals surface area (Å²) >= 11 is 0. The summed E-state index contributed by atoms with van der Waals surface area (Å²) in [6.07, 6.45) is 5.37. The lowest BCUT2D eigenvalue weighted by Crippen LogP contribution is -2.25. The van der Waals surface area contributed by atoms with Crippen LogP contribution in [0.4, 0.5) is 4.39 Å². The molecule has 1 aliphatic rings. The number of allylic oxidation sites excluding steroid dienone is 1. The molecule has 0 radical (unpaired) electrons. The number of carbonyl (C=O) groups is 1. The highest BCUT2D eigenvalue weighted by atomic mass is 31.2. The number of methoxy groups -OCH3 is 2. The number of rotatable bonds is 9. The quantitative estimate of drug-likeness (QED) is 0.333. The summed E-state index contributed by atoms with van der Waals surface area (Å²) in [6.45, 7) is 2.32. The van der Waals surface area contributed by atoms with Gasteiger partial charge in [-0.2, -0.15) is 0 Å². The standard InChI is InChI=1S/C27H28FN2O7P/c1-16-21(9-18-10-24(35-2)27(25(11-18)36-3)37-38(32,33)34)20-7-6-19(28)12-23(20)22(16)13-26(31)30-15-17-5-4-8-29-14-17/h4-12,14,16,22H,13,15H2,1-3H3,(H,30,31)(H2,32,33,34). The number of nitrogens with one attached hydrogen (secondary N) is 1. The third kappa shape index (κ3) is 6.22. The van der Waals surface area contributed by atoms with Crippen molar-refractivity contribution in [3.63, 3.8) is 0 Å². The molecule has 1 aromatic heterocycles. The number of hydrogen-bond donors (Lipinski definition) is 3. The van der Waals surface area contributed by atoms with E-state index in [4.69, 9.17) is 14.0 Å². The normalized spacial score (nSPS) is 17.7. The fourth-order valence-corrected chi connectivity index (χ4v) is 5.10. The van der Waals surface area contributed by atoms with Crippen molar-refractivity contribution < 1.29 is 37.5 Å². The van der Waals surface area contributed by atoms with Crippen LogP contribution in [0.25, 0.3) is 11.6 Å². The SMILES string of the molecule is COc1cc(C=C2c3ccc(F)cc3C(CC(=O)NCc3cccnc3)C2C)cc(OC)c1OP(=O)(O)O. The van der Waals surface area contributed by atoms with E-state index in [1.54, 1.807) is 36.7 Å². The fraction of sp³-hybridized carbons (Fsp3) is 0.259. The summed E-state index contributed by atoms with van der Waals surface area (Å²) < 4.78 is 41.1. The van der Waals surface area contributed by atoms with E-state index < -0.39 is 7.82 Å². The average Bonchev–Trinajstić information content (AvgIpc) is 3.12. The molecule has 2 unspecified atom stereocenters. The highest BCUT2D eigenvalue weighted by Gasteiger charge is 2.35. The van der Waals surface area contributed by atoms with Crippen molar-refractivity contribution >= 4 is 25.4 Å². The van der Waals surface area contributed by atoms with Gasteiger partial charge in [0.2, 0.25) is 11.7 Å². The predicted octanol–water partition coefficient (Wildman–Crippen LogP) is 4.69. The number of phosphoric acid groups is 1. The second-order valence-electron chi connectivity index (χ2n) is 8.90. The second kappa shape index (κ2) is 11.3. The van der Waals surface area contributed by atoms with Crippen molar-refractivity contribution in [2.75, 3.05) is 14.2 Å². The minimum atomic E-state index is -4.87. The van der Waals surface area contributed by atoms with Crippen LogP contribution in [0.5, 0.6) is 17.2 Å². The third-order valence-corrected chi connectivity index (χ3v) is 6.87. The molecule has 2 atom stereocenters. The minimum absolute atomic E-state index is 0.0656. The molecule has 1 amide bonds. The van der Waals surface area contributed by atoms with Crippen LogP contribution >= 0.6 is 7.82 Å². The maximum Gasteiger partial charge on any atom is 0.525 e. The molecule has 3 N–H and O–H groups in total. The lowest BCUT2D eigenvalue weighted by atomic mass is 9.88. The van der Waals surface area contributed by atoms with Crippen LogP contribution < -0.4 is 19.3 Å². The van der Waals surface area contributed by atoms with Crippen LogP contribution in [0.2, 0.25) is 0 Å². The van der Waals surface area contributed by atoms with E-state index in [2.05, 4.69) is 10.3 Å². The third-order valence-electron chi connectivity index (χ3n) is 6.45. The van der Waals surface area contributed by atoms with Gasteiger partial charge < -0.3 is 19.3 Å². The van der Waals surface area contributed by atoms with Gasteiger partial charge in [0.1, 0.15) is 5.82 Å². The summed E-state index contributed by atoms with van der Waals surface area (Å²) in [5, 5.41) is 2.91. The Hall–Kier alpha value is -3.72. The smallest absolute Gasteiger partial charge is 0.493 e. The molecule has 38 heavy (non-hydrogen) atoms. The van der Waals surface area contributed by atoms with Crippen molar-refractivity contribution in [2.45, 2.75) is 25.8 Å². The number of fused-ring (bicyclic) bond motifs is 1. The Morgan fingerprint density at radius 2 is 1.87 bits per heavy atom. The molecular formula is C27H28FN2O7P. The Morgan fingerprint density at radius 3 is 2.47 bits per heavy atom. The maximum absolute atomic E-state index is 14.3. The topological polar surface area (TPSA) is 127 Å². The molecule has 1 aliphatic carbocycles. The van der Waals surface area contributed by atoms with Gasteiger partial charge in [0.05, 0.1) is 14.2 Å². The Labute approximate surface area is 219 Å². The number of hydrogen-bond acceptors (Lipinski definition) is 6. The predicted molar refractivity (Wildman–Crippen MR) is 139 cm³/mol. The van der Waals surface area contributed by atoms with E-state index in [1.165, 1.54) is 26.4 Å². The first-order valence-corrected chi connectivity index (χ1v) is 13.3. The zero-order valence-corrected chi connectivity index (χ0v) is 21.9. The number of pyridine rings is 1. The summed E-state index contributed by atoms with van der Waals surface area (Å²) in [4.78, 5) is 35.5. The van der Waals surface area contributed by atoms with Crippen molar-refractivity contribution in [1.82, 2.24) is 10.3 Å². The van der Waals surface area contributed by atoms with E-state index in [0.29, 0.717) is 12.1 Å². The van der Waals surface area contributed by atoms with Gasteiger partial charge in [0.15, 0.2) is 11.5 Å². The molecule has 0 fully saturated rings. The van der Waals surface area contributed by atoms with E-state index in [1.807, 2.05) is 19.1 Å². The Morgan fingerprint density at radius 1 is 1.16 bits per heavy atom. The molecule has 0 saturated carbocycles. The highest BCUT2D eigenvalue weighted by molar-refractivity contribution is 7.46. The summed E-state index contributed by atoms with van der Waals surface area (Å²) in [5.41, 5.74) is 3.91. The average molecular weight is 543 g/mol. The van der Waals surface area contributed by atoms with Crippen molar-refractivity contribution in [3.8, 4) is 17.2 Å². The van der Waals surface area contributed by atoms with Crippen LogP contribution in [-0.4, -0.2) is 34.9 Å². The zero-order chi connectivity index (χ0) is 27.4. The monoisotopic (exact) mass is 542 g/mol. The van der Waals surface area contributed by atoms with Gasteiger partial charge >= 0.3 is 7.82 Å². The van der Waals surface area contributed by atoms with E-state index in [0.717, 1.165) is 22.3 Å². The van der Waals surface area contributed by atoms with Gasteiger partial charge in [0.25, 0.3) is 0 Å². The number of amides is 1. The van der Waals surface area contributed by atoms with Gasteiger partial charge in [0, 0.05) is 25.4 Å². The van der Waals surface area contributed by atoms with Crippen molar-refractivity contribution in [1.29, 1.82) is 0 Å². The number of ether oxygens (including phenoxy) is 2. The fourth-order valence-electron chi connectivity index (χ4n) is 4.68. The molecule has 0 aliphatic heterocycles. The molecule has 4 rings (SSSR count). The van der Waals surface area contributed by atoms with Crippen molar-refractivity contribution in [3.05, 3.63) is 82.9 Å². The van der Waals surface area contributed by atoms with Gasteiger partial charge in [-0.3, -0.25) is 19.6 Å². The molecule has 9 nitrogen and oxygen atoms in total. The van der Waals surface area contributed by atoms with Gasteiger partial charge in [-0.15, -0.1) is 0 Å². The minimum Gasteiger partial charge on any atom is -0.493 e. The lowest BCUT2D eigenvalue weighted by Gasteiger charge is -2.18. The number of carbonyl (C=O) groups excluding carboxylic acids is 1. The largest absolute Gasteiger partial charge is 0.525 e. The summed E-state index contributed by atoms with van der Waals surface area (Å²) in [5.74, 6) is -1.05. The molecular weight excluding hydrogens is 514 g/mol. The molecule has 2 aromatic carbocycles. The van der Waals surface area contributed by atoms with Gasteiger partial charge in [-0.1, -0.05) is 25.1 Å². The zero-order valence-electron chi connectivity index (χ0n) is 21.1. The highest BCUT2D eigenvalue weighted by Crippen LogP contribution is 2.51. The Kier molecular flexibility index (Phi) is 8.16. The van der Waals surface area contributed by atoms with Crippen molar-refractivity contribution in [2.24, 2.45) is 5.92 Å². The van der Waals surface area contributed by atoms with E-state index in [-0.39, 0.29) is 47.2 Å². The van der Waals surface area contributed by atoms with Gasteiger partial charge in [-0.05, 0) is 70.0 Å². The molecule has 1 heterocycles. The number of benzene rings is 2. The first-order chi connectivity index (χ1) is 18.1. The first kappa shape index (κ1) is 27.3. The molecule has 200 valence electrons. The van der Waals surface area contributed by atoms with Gasteiger partial charge in [-0.25, -0.2) is 8.96 Å². The number of phosphoric ester groups is 1. The van der Waals surface area contributed by atoms with Crippen LogP contribution in [0.15, 0.2) is 54.9 Å². The molecule has 0 spiro atoms. The van der Waals surface area contributed by atoms with E-state index >= 15 is 0 Å². The van der Waals surface area contributed by atoms with Crippen LogP contribution in [0.1, 0.15) is 41.5 Å². The number of aromatic nitrogens is 1. The summed E-state index contributed by atoms with van der Waals surface area (Å²) in [7, 11) is -2.19. The molecule has 3 aromatic rings. The summed E-state index contributed by atoms with van der Waals surface area (Å²) in [6, 6.07) is 11.3. The van der Waals surface area contributed by atoms with E-state index in [9.17, 15) is 23.5 Å². The number of halogens is 1. The van der Waals surface area contributed by atoms with Crippen LogP contribution in [0.3, 0.4) is 0 Å².